The van der Waals surface area contributed by atoms with Crippen molar-refractivity contribution in [3.8, 4) is 5.75 Å². The molecule has 1 rings (SSSR count). The quantitative estimate of drug-likeness (QED) is 0.691. The van der Waals surface area contributed by atoms with Crippen LogP contribution in [0.5, 0.6) is 5.75 Å². The SMILES string of the molecule is CCC(C)N(CCC(=O)OC)C(=O)COc1cccc(C)c1C. The standard InChI is InChI=1S/C18H27NO4/c1-6-14(3)19(11-10-18(21)22-5)17(20)12-23-16-9-7-8-13(2)15(16)4/h7-9,14H,6,10-12H2,1-5H3. The molecule has 0 heterocycles. The Kier molecular flexibility index (Phi) is 7.59. The van der Waals surface area contributed by atoms with Crippen molar-refractivity contribution >= 4 is 11.9 Å². The highest BCUT2D eigenvalue weighted by Gasteiger charge is 2.20. The number of carbonyl (C=O) groups is 2. The summed E-state index contributed by atoms with van der Waals surface area (Å²) < 4.78 is 10.3. The number of aryl methyl sites for hydroxylation is 1. The predicted molar refractivity (Wildman–Crippen MR) is 89.5 cm³/mol. The Hall–Kier alpha value is -2.04. The fourth-order valence-electron chi connectivity index (χ4n) is 2.23. The summed E-state index contributed by atoms with van der Waals surface area (Å²) in [7, 11) is 1.35. The van der Waals surface area contributed by atoms with E-state index in [1.165, 1.54) is 7.11 Å². The second-order valence-corrected chi connectivity index (χ2v) is 5.66. The first kappa shape index (κ1) is 19.0. The Morgan fingerprint density at radius 2 is 1.96 bits per heavy atom. The molecule has 0 fully saturated rings. The first-order chi connectivity index (χ1) is 10.9. The lowest BCUT2D eigenvalue weighted by Crippen LogP contribution is -2.42. The van der Waals surface area contributed by atoms with Gasteiger partial charge in [0, 0.05) is 12.6 Å². The van der Waals surface area contributed by atoms with Gasteiger partial charge in [0.2, 0.25) is 0 Å². The van der Waals surface area contributed by atoms with Gasteiger partial charge in [0.15, 0.2) is 6.61 Å². The Morgan fingerprint density at radius 1 is 1.26 bits per heavy atom. The lowest BCUT2D eigenvalue weighted by atomic mass is 10.1. The van der Waals surface area contributed by atoms with Gasteiger partial charge in [0.1, 0.15) is 5.75 Å². The molecule has 0 saturated heterocycles. The fourth-order valence-corrected chi connectivity index (χ4v) is 2.23. The molecule has 128 valence electrons. The van der Waals surface area contributed by atoms with Crippen LogP contribution in [0.3, 0.4) is 0 Å². The summed E-state index contributed by atoms with van der Waals surface area (Å²) in [5, 5.41) is 0. The molecule has 0 saturated carbocycles. The Labute approximate surface area is 138 Å². The second kappa shape index (κ2) is 9.18. The summed E-state index contributed by atoms with van der Waals surface area (Å²) in [6.45, 7) is 8.26. The molecule has 23 heavy (non-hydrogen) atoms. The summed E-state index contributed by atoms with van der Waals surface area (Å²) >= 11 is 0. The van der Waals surface area contributed by atoms with Crippen LogP contribution in [-0.4, -0.2) is 43.1 Å². The molecule has 0 bridgehead atoms. The summed E-state index contributed by atoms with van der Waals surface area (Å²) in [6, 6.07) is 5.82. The van der Waals surface area contributed by atoms with Gasteiger partial charge in [-0.25, -0.2) is 0 Å². The third kappa shape index (κ3) is 5.58. The summed E-state index contributed by atoms with van der Waals surface area (Å²) in [5.41, 5.74) is 2.16. The number of hydrogen-bond donors (Lipinski definition) is 0. The lowest BCUT2D eigenvalue weighted by Gasteiger charge is -2.28. The molecule has 1 aromatic rings. The highest BCUT2D eigenvalue weighted by atomic mass is 16.5. The van der Waals surface area contributed by atoms with Gasteiger partial charge in [-0.2, -0.15) is 0 Å². The molecule has 1 atom stereocenters. The van der Waals surface area contributed by atoms with Gasteiger partial charge in [-0.05, 0) is 44.4 Å². The van der Waals surface area contributed by atoms with E-state index in [-0.39, 0.29) is 30.9 Å². The predicted octanol–water partition coefficient (Wildman–Crippen LogP) is 2.87. The van der Waals surface area contributed by atoms with Crippen molar-refractivity contribution in [2.75, 3.05) is 20.3 Å². The van der Waals surface area contributed by atoms with E-state index < -0.39 is 0 Å². The maximum atomic E-state index is 12.5. The Bertz CT molecular complexity index is 542. The van der Waals surface area contributed by atoms with Crippen LogP contribution in [0.4, 0.5) is 0 Å². The van der Waals surface area contributed by atoms with Crippen molar-refractivity contribution in [3.63, 3.8) is 0 Å². The second-order valence-electron chi connectivity index (χ2n) is 5.66. The molecule has 0 aromatic heterocycles. The van der Waals surface area contributed by atoms with E-state index in [0.29, 0.717) is 6.54 Å². The zero-order valence-electron chi connectivity index (χ0n) is 14.7. The number of carbonyl (C=O) groups excluding carboxylic acids is 2. The van der Waals surface area contributed by atoms with Crippen molar-refractivity contribution in [1.29, 1.82) is 0 Å². The number of hydrogen-bond acceptors (Lipinski definition) is 4. The number of benzene rings is 1. The largest absolute Gasteiger partial charge is 0.483 e. The molecule has 1 amide bonds. The van der Waals surface area contributed by atoms with Gasteiger partial charge in [-0.3, -0.25) is 9.59 Å². The first-order valence-electron chi connectivity index (χ1n) is 7.96. The number of nitrogens with zero attached hydrogens (tertiary/aromatic N) is 1. The first-order valence-corrected chi connectivity index (χ1v) is 7.96. The van der Waals surface area contributed by atoms with Gasteiger partial charge in [-0.1, -0.05) is 19.1 Å². The van der Waals surface area contributed by atoms with Crippen molar-refractivity contribution < 1.29 is 19.1 Å². The lowest BCUT2D eigenvalue weighted by molar-refractivity contribution is -0.142. The van der Waals surface area contributed by atoms with Crippen LogP contribution in [0, 0.1) is 13.8 Å². The molecule has 0 N–H and O–H groups in total. The minimum atomic E-state index is -0.318. The maximum absolute atomic E-state index is 12.5. The zero-order chi connectivity index (χ0) is 17.4. The van der Waals surface area contributed by atoms with Crippen molar-refractivity contribution in [2.45, 2.75) is 46.6 Å². The van der Waals surface area contributed by atoms with Crippen molar-refractivity contribution in [3.05, 3.63) is 29.3 Å². The highest BCUT2D eigenvalue weighted by Crippen LogP contribution is 2.20. The third-order valence-electron chi connectivity index (χ3n) is 4.13. The van der Waals surface area contributed by atoms with Gasteiger partial charge >= 0.3 is 5.97 Å². The molecule has 0 aliphatic rings. The van der Waals surface area contributed by atoms with Crippen molar-refractivity contribution in [1.82, 2.24) is 4.90 Å². The molecular weight excluding hydrogens is 294 g/mol. The molecule has 5 heteroatoms. The van der Waals surface area contributed by atoms with E-state index in [4.69, 9.17) is 4.74 Å². The molecule has 0 radical (unpaired) electrons. The van der Waals surface area contributed by atoms with Gasteiger partial charge in [0.25, 0.3) is 5.91 Å². The minimum Gasteiger partial charge on any atom is -0.483 e. The van der Waals surface area contributed by atoms with E-state index in [0.717, 1.165) is 23.3 Å². The number of methoxy groups -OCH3 is 1. The van der Waals surface area contributed by atoms with E-state index in [9.17, 15) is 9.59 Å². The molecule has 0 aliphatic heterocycles. The minimum absolute atomic E-state index is 0.0319. The number of ether oxygens (including phenoxy) is 2. The van der Waals surface area contributed by atoms with Crippen LogP contribution in [0.25, 0.3) is 0 Å². The normalized spacial score (nSPS) is 11.7. The fraction of sp³-hybridized carbons (Fsp3) is 0.556. The average molecular weight is 321 g/mol. The molecule has 0 spiro atoms. The average Bonchev–Trinajstić information content (AvgIpc) is 2.55. The monoisotopic (exact) mass is 321 g/mol. The topological polar surface area (TPSA) is 55.8 Å². The molecular formula is C18H27NO4. The maximum Gasteiger partial charge on any atom is 0.307 e. The van der Waals surface area contributed by atoms with E-state index in [1.54, 1.807) is 4.90 Å². The highest BCUT2D eigenvalue weighted by molar-refractivity contribution is 5.79. The van der Waals surface area contributed by atoms with E-state index >= 15 is 0 Å². The van der Waals surface area contributed by atoms with Crippen LogP contribution in [0.1, 0.15) is 37.8 Å². The summed E-state index contributed by atoms with van der Waals surface area (Å²) in [4.78, 5) is 25.5. The Morgan fingerprint density at radius 3 is 2.57 bits per heavy atom. The van der Waals surface area contributed by atoms with Crippen LogP contribution >= 0.6 is 0 Å². The van der Waals surface area contributed by atoms with Crippen LogP contribution in [-0.2, 0) is 14.3 Å². The third-order valence-corrected chi connectivity index (χ3v) is 4.13. The van der Waals surface area contributed by atoms with Crippen LogP contribution < -0.4 is 4.74 Å². The molecule has 1 aromatic carbocycles. The van der Waals surface area contributed by atoms with Crippen molar-refractivity contribution in [2.24, 2.45) is 0 Å². The van der Waals surface area contributed by atoms with Gasteiger partial charge in [0.05, 0.1) is 13.5 Å². The smallest absolute Gasteiger partial charge is 0.307 e. The molecule has 0 aliphatic carbocycles. The molecule has 1 unspecified atom stereocenters. The van der Waals surface area contributed by atoms with Crippen LogP contribution in [0.2, 0.25) is 0 Å². The van der Waals surface area contributed by atoms with Crippen LogP contribution in [0.15, 0.2) is 18.2 Å². The number of amides is 1. The van der Waals surface area contributed by atoms with Gasteiger partial charge < -0.3 is 14.4 Å². The van der Waals surface area contributed by atoms with E-state index in [2.05, 4.69) is 4.74 Å². The molecule has 5 nitrogen and oxygen atoms in total. The number of esters is 1. The Balaban J connectivity index is 2.69. The number of rotatable bonds is 8. The summed E-state index contributed by atoms with van der Waals surface area (Å²) in [6.07, 6.45) is 1.01. The van der Waals surface area contributed by atoms with E-state index in [1.807, 2.05) is 45.9 Å². The van der Waals surface area contributed by atoms with Gasteiger partial charge in [-0.15, -0.1) is 0 Å². The zero-order valence-corrected chi connectivity index (χ0v) is 14.7. The summed E-state index contributed by atoms with van der Waals surface area (Å²) in [5.74, 6) is 0.279.